The summed E-state index contributed by atoms with van der Waals surface area (Å²) in [6, 6.07) is 16.1. The Balaban J connectivity index is 1.93. The molecule has 1 aromatic heterocycles. The molecule has 0 aliphatic carbocycles. The second kappa shape index (κ2) is 9.78. The molecule has 3 N–H and O–H groups in total. The molecule has 0 saturated carbocycles. The molecule has 9 heteroatoms. The van der Waals surface area contributed by atoms with Crippen molar-refractivity contribution in [2.45, 2.75) is 20.8 Å². The maximum Gasteiger partial charge on any atom is 0.270 e. The molecule has 1 amide bonds. The number of hydrogen-bond donors (Lipinski definition) is 3. The smallest absolute Gasteiger partial charge is 0.270 e. The standard InChI is InChI=1S/C24H24N6O3/c1-24(2,3)22(32)27-18-11-8-12-19(33-4)17(18)14-26-30-23-28-20(15-9-6-5-7-10-15)16(13-25)21(31)29-23/h5-12,14H,1-4H3,(H,27,32)(H2,28,29,30,31). The van der Waals surface area contributed by atoms with E-state index in [1.54, 1.807) is 42.5 Å². The number of hydrazone groups is 1. The van der Waals surface area contributed by atoms with Gasteiger partial charge in [0, 0.05) is 11.0 Å². The Morgan fingerprint density at radius 1 is 1.18 bits per heavy atom. The van der Waals surface area contributed by atoms with Gasteiger partial charge in [0.25, 0.3) is 5.56 Å². The first kappa shape index (κ1) is 23.2. The molecule has 0 atom stereocenters. The minimum atomic E-state index is -0.588. The fourth-order valence-electron chi connectivity index (χ4n) is 2.87. The zero-order chi connectivity index (χ0) is 24.0. The number of nitrogens with one attached hydrogen (secondary N) is 3. The third kappa shape index (κ3) is 5.43. The minimum absolute atomic E-state index is 0.0595. The van der Waals surface area contributed by atoms with E-state index in [1.807, 2.05) is 32.9 Å². The number of ether oxygens (including phenoxy) is 1. The number of carbonyl (C=O) groups excluding carboxylic acids is 1. The quantitative estimate of drug-likeness (QED) is 0.392. The summed E-state index contributed by atoms with van der Waals surface area (Å²) in [6.45, 7) is 5.44. The van der Waals surface area contributed by atoms with Gasteiger partial charge in [-0.05, 0) is 12.1 Å². The molecule has 168 valence electrons. The van der Waals surface area contributed by atoms with E-state index >= 15 is 0 Å². The van der Waals surface area contributed by atoms with Crippen molar-refractivity contribution < 1.29 is 9.53 Å². The second-order valence-electron chi connectivity index (χ2n) is 8.11. The number of nitriles is 1. The molecular weight excluding hydrogens is 420 g/mol. The lowest BCUT2D eigenvalue weighted by Crippen LogP contribution is -2.28. The van der Waals surface area contributed by atoms with Crippen LogP contribution in [0.1, 0.15) is 31.9 Å². The van der Waals surface area contributed by atoms with Crippen LogP contribution in [-0.4, -0.2) is 29.2 Å². The molecule has 0 spiro atoms. The predicted molar refractivity (Wildman–Crippen MR) is 127 cm³/mol. The SMILES string of the molecule is COc1cccc(NC(=O)C(C)(C)C)c1C=NNc1nc(-c2ccccc2)c(C#N)c(=O)[nH]1. The Hall–Kier alpha value is -4.45. The van der Waals surface area contributed by atoms with Crippen molar-refractivity contribution >= 4 is 23.8 Å². The molecule has 3 rings (SSSR count). The van der Waals surface area contributed by atoms with Crippen LogP contribution in [0.15, 0.2) is 58.4 Å². The maximum atomic E-state index is 12.5. The number of aromatic amines is 1. The number of carbonyl (C=O) groups is 1. The number of aromatic nitrogens is 2. The van der Waals surface area contributed by atoms with Crippen molar-refractivity contribution in [1.82, 2.24) is 9.97 Å². The summed E-state index contributed by atoms with van der Waals surface area (Å²) in [5.41, 5.74) is 3.35. The van der Waals surface area contributed by atoms with Gasteiger partial charge in [-0.2, -0.15) is 10.4 Å². The fourth-order valence-corrected chi connectivity index (χ4v) is 2.87. The van der Waals surface area contributed by atoms with Crippen LogP contribution in [0, 0.1) is 16.7 Å². The molecule has 0 aliphatic heterocycles. The number of hydrogen-bond acceptors (Lipinski definition) is 7. The monoisotopic (exact) mass is 444 g/mol. The number of rotatable bonds is 6. The molecule has 3 aromatic rings. The Labute approximate surface area is 191 Å². The predicted octanol–water partition coefficient (Wildman–Crippen LogP) is 3.75. The number of methoxy groups -OCH3 is 1. The van der Waals surface area contributed by atoms with Gasteiger partial charge in [0.05, 0.1) is 30.3 Å². The third-order valence-electron chi connectivity index (χ3n) is 4.66. The molecule has 1 heterocycles. The van der Waals surface area contributed by atoms with Gasteiger partial charge in [-0.25, -0.2) is 10.4 Å². The zero-order valence-electron chi connectivity index (χ0n) is 18.8. The Morgan fingerprint density at radius 3 is 2.55 bits per heavy atom. The van der Waals surface area contributed by atoms with Crippen LogP contribution in [0.25, 0.3) is 11.3 Å². The summed E-state index contributed by atoms with van der Waals surface area (Å²) in [6.07, 6.45) is 1.46. The lowest BCUT2D eigenvalue weighted by Gasteiger charge is -2.19. The van der Waals surface area contributed by atoms with E-state index in [0.717, 1.165) is 0 Å². The van der Waals surface area contributed by atoms with E-state index in [9.17, 15) is 14.9 Å². The van der Waals surface area contributed by atoms with Gasteiger partial charge >= 0.3 is 0 Å². The van der Waals surface area contributed by atoms with Gasteiger partial charge < -0.3 is 10.1 Å². The maximum absolute atomic E-state index is 12.5. The van der Waals surface area contributed by atoms with Crippen molar-refractivity contribution in [3.63, 3.8) is 0 Å². The van der Waals surface area contributed by atoms with Gasteiger partial charge in [-0.1, -0.05) is 57.2 Å². The summed E-state index contributed by atoms with van der Waals surface area (Å²) in [7, 11) is 1.52. The van der Waals surface area contributed by atoms with Crippen LogP contribution in [0.2, 0.25) is 0 Å². The first-order valence-corrected chi connectivity index (χ1v) is 10.1. The zero-order valence-corrected chi connectivity index (χ0v) is 18.8. The molecule has 2 aromatic carbocycles. The molecule has 33 heavy (non-hydrogen) atoms. The number of benzene rings is 2. The molecule has 0 unspecified atom stereocenters. The minimum Gasteiger partial charge on any atom is -0.496 e. The highest BCUT2D eigenvalue weighted by molar-refractivity contribution is 6.01. The summed E-state index contributed by atoms with van der Waals surface area (Å²) in [5.74, 6) is 0.395. The summed E-state index contributed by atoms with van der Waals surface area (Å²) in [4.78, 5) is 31.7. The highest BCUT2D eigenvalue weighted by Gasteiger charge is 2.22. The number of anilines is 2. The van der Waals surface area contributed by atoms with Crippen molar-refractivity contribution in [2.75, 3.05) is 17.9 Å². The Kier molecular flexibility index (Phi) is 6.88. The number of H-pyrrole nitrogens is 1. The fraction of sp³-hybridized carbons (Fsp3) is 0.208. The first-order chi connectivity index (χ1) is 15.7. The van der Waals surface area contributed by atoms with Crippen LogP contribution in [0.3, 0.4) is 0 Å². The normalized spacial score (nSPS) is 11.1. The van der Waals surface area contributed by atoms with E-state index in [2.05, 4.69) is 25.8 Å². The topological polar surface area (TPSA) is 132 Å². The lowest BCUT2D eigenvalue weighted by atomic mass is 9.95. The summed E-state index contributed by atoms with van der Waals surface area (Å²) in [5, 5.41) is 16.4. The van der Waals surface area contributed by atoms with Crippen molar-refractivity contribution in [2.24, 2.45) is 10.5 Å². The molecular formula is C24H24N6O3. The Morgan fingerprint density at radius 2 is 1.91 bits per heavy atom. The lowest BCUT2D eigenvalue weighted by molar-refractivity contribution is -0.123. The molecule has 0 aliphatic rings. The van der Waals surface area contributed by atoms with Gasteiger partial charge in [0.2, 0.25) is 11.9 Å². The molecule has 9 nitrogen and oxygen atoms in total. The van der Waals surface area contributed by atoms with Crippen molar-refractivity contribution in [3.05, 3.63) is 70.0 Å². The number of nitrogens with zero attached hydrogens (tertiary/aromatic N) is 3. The van der Waals surface area contributed by atoms with Crippen LogP contribution in [0.5, 0.6) is 5.75 Å². The van der Waals surface area contributed by atoms with Gasteiger partial charge in [0.15, 0.2) is 0 Å². The van der Waals surface area contributed by atoms with E-state index in [0.29, 0.717) is 22.6 Å². The average molecular weight is 444 g/mol. The van der Waals surface area contributed by atoms with E-state index in [-0.39, 0.29) is 23.1 Å². The van der Waals surface area contributed by atoms with Gasteiger partial charge in [-0.15, -0.1) is 0 Å². The van der Waals surface area contributed by atoms with Crippen LogP contribution in [0.4, 0.5) is 11.6 Å². The van der Waals surface area contributed by atoms with Crippen LogP contribution in [-0.2, 0) is 4.79 Å². The van der Waals surface area contributed by atoms with Gasteiger partial charge in [0.1, 0.15) is 17.4 Å². The highest BCUT2D eigenvalue weighted by atomic mass is 16.5. The van der Waals surface area contributed by atoms with E-state index in [1.165, 1.54) is 13.3 Å². The van der Waals surface area contributed by atoms with Crippen LogP contribution < -0.4 is 21.0 Å². The summed E-state index contributed by atoms with van der Waals surface area (Å²) < 4.78 is 5.40. The Bertz CT molecular complexity index is 1280. The van der Waals surface area contributed by atoms with E-state index in [4.69, 9.17) is 4.74 Å². The molecule has 0 fully saturated rings. The summed E-state index contributed by atoms with van der Waals surface area (Å²) >= 11 is 0. The van der Waals surface area contributed by atoms with Crippen molar-refractivity contribution in [3.8, 4) is 23.1 Å². The largest absolute Gasteiger partial charge is 0.496 e. The molecule has 0 radical (unpaired) electrons. The molecule has 0 saturated heterocycles. The van der Waals surface area contributed by atoms with Crippen molar-refractivity contribution in [1.29, 1.82) is 5.26 Å². The van der Waals surface area contributed by atoms with E-state index < -0.39 is 11.0 Å². The van der Waals surface area contributed by atoms with Crippen LogP contribution >= 0.6 is 0 Å². The highest BCUT2D eigenvalue weighted by Crippen LogP contribution is 2.27. The average Bonchev–Trinajstić information content (AvgIpc) is 2.79. The second-order valence-corrected chi connectivity index (χ2v) is 8.11. The van der Waals surface area contributed by atoms with Gasteiger partial charge in [-0.3, -0.25) is 14.6 Å². The number of amides is 1. The molecule has 0 bridgehead atoms. The first-order valence-electron chi connectivity index (χ1n) is 10.1. The third-order valence-corrected chi connectivity index (χ3v) is 4.66.